The Morgan fingerprint density at radius 1 is 1.17 bits per heavy atom. The molecule has 18 heavy (non-hydrogen) atoms. The van der Waals surface area contributed by atoms with Crippen LogP contribution in [0, 0.1) is 5.41 Å². The first-order valence-corrected chi connectivity index (χ1v) is 6.46. The molecule has 0 atom stereocenters. The summed E-state index contributed by atoms with van der Waals surface area (Å²) in [5, 5.41) is 7.11. The monoisotopic (exact) mass is 248 g/mol. The third-order valence-corrected chi connectivity index (χ3v) is 2.83. The predicted molar refractivity (Wildman–Crippen MR) is 76.4 cm³/mol. The van der Waals surface area contributed by atoms with Gasteiger partial charge in [0.05, 0.1) is 12.4 Å². The summed E-state index contributed by atoms with van der Waals surface area (Å²) < 4.78 is 5.64. The molecule has 0 saturated heterocycles. The molecule has 0 spiro atoms. The van der Waals surface area contributed by atoms with Gasteiger partial charge in [-0.1, -0.05) is 32.9 Å². The molecule has 0 fully saturated rings. The van der Waals surface area contributed by atoms with Crippen molar-refractivity contribution in [3.8, 4) is 5.75 Å². The second kappa shape index (κ2) is 6.43. The molecule has 3 nitrogen and oxygen atoms in total. The summed E-state index contributed by atoms with van der Waals surface area (Å²) in [6, 6.07) is 8.27. The maximum absolute atomic E-state index is 7.11. The van der Waals surface area contributed by atoms with Gasteiger partial charge < -0.3 is 10.5 Å². The summed E-state index contributed by atoms with van der Waals surface area (Å²) in [6.07, 6.45) is 2.50. The van der Waals surface area contributed by atoms with Crippen molar-refractivity contribution in [2.75, 3.05) is 6.61 Å². The van der Waals surface area contributed by atoms with Gasteiger partial charge in [-0.2, -0.15) is 0 Å². The first kappa shape index (κ1) is 14.6. The van der Waals surface area contributed by atoms with Crippen molar-refractivity contribution >= 4 is 5.84 Å². The van der Waals surface area contributed by atoms with E-state index >= 15 is 0 Å². The fraction of sp³-hybridized carbons (Fsp3) is 0.533. The van der Waals surface area contributed by atoms with E-state index in [9.17, 15) is 0 Å². The molecule has 1 rings (SSSR count). The van der Waals surface area contributed by atoms with E-state index in [1.807, 2.05) is 12.1 Å². The maximum Gasteiger partial charge on any atom is 0.119 e. The lowest BCUT2D eigenvalue weighted by Gasteiger charge is -2.19. The summed E-state index contributed by atoms with van der Waals surface area (Å²) in [5.74, 6) is 1.16. The van der Waals surface area contributed by atoms with Crippen molar-refractivity contribution in [1.29, 1.82) is 5.41 Å². The van der Waals surface area contributed by atoms with Crippen LogP contribution in [-0.4, -0.2) is 12.4 Å². The van der Waals surface area contributed by atoms with Crippen molar-refractivity contribution in [3.05, 3.63) is 29.8 Å². The first-order valence-electron chi connectivity index (χ1n) is 6.46. The molecule has 0 aliphatic rings. The Bertz CT molecular complexity index is 376. The van der Waals surface area contributed by atoms with Crippen LogP contribution in [-0.2, 0) is 5.41 Å². The molecule has 0 aromatic heterocycles. The molecule has 1 aromatic carbocycles. The molecule has 0 saturated carbocycles. The molecular formula is C15H24N2O. The van der Waals surface area contributed by atoms with Crippen LogP contribution < -0.4 is 10.5 Å². The number of nitrogens with one attached hydrogen (secondary N) is 1. The third-order valence-electron chi connectivity index (χ3n) is 2.83. The Balaban J connectivity index is 2.33. The van der Waals surface area contributed by atoms with Gasteiger partial charge in [-0.3, -0.25) is 5.41 Å². The highest BCUT2D eigenvalue weighted by molar-refractivity contribution is 5.76. The molecule has 1 aromatic rings. The Morgan fingerprint density at radius 2 is 1.78 bits per heavy atom. The smallest absolute Gasteiger partial charge is 0.119 e. The minimum atomic E-state index is 0.181. The van der Waals surface area contributed by atoms with E-state index in [0.717, 1.165) is 18.6 Å². The summed E-state index contributed by atoms with van der Waals surface area (Å²) in [4.78, 5) is 0. The van der Waals surface area contributed by atoms with E-state index in [0.29, 0.717) is 13.0 Å². The number of unbranched alkanes of at least 4 members (excludes halogenated alkanes) is 1. The fourth-order valence-corrected chi connectivity index (χ4v) is 1.66. The lowest BCUT2D eigenvalue weighted by molar-refractivity contribution is 0.307. The highest BCUT2D eigenvalue weighted by atomic mass is 16.5. The standard InChI is InChI=1S/C15H24N2O/c1-15(2,3)12-7-9-13(10-8-12)18-11-5-4-6-14(16)17/h7-10H,4-6,11H2,1-3H3,(H3,16,17). The lowest BCUT2D eigenvalue weighted by Crippen LogP contribution is -2.11. The van der Waals surface area contributed by atoms with Crippen LogP contribution in [0.3, 0.4) is 0 Å². The maximum atomic E-state index is 7.11. The van der Waals surface area contributed by atoms with Gasteiger partial charge >= 0.3 is 0 Å². The van der Waals surface area contributed by atoms with Crippen LogP contribution in [0.15, 0.2) is 24.3 Å². The summed E-state index contributed by atoms with van der Waals surface area (Å²) in [6.45, 7) is 7.28. The Kier molecular flexibility index (Phi) is 5.20. The molecule has 100 valence electrons. The first-order chi connectivity index (χ1) is 8.39. The summed E-state index contributed by atoms with van der Waals surface area (Å²) in [5.41, 5.74) is 6.78. The molecule has 3 heteroatoms. The van der Waals surface area contributed by atoms with Gasteiger partial charge in [0.25, 0.3) is 0 Å². The van der Waals surface area contributed by atoms with Crippen molar-refractivity contribution in [2.45, 2.75) is 45.4 Å². The van der Waals surface area contributed by atoms with Crippen LogP contribution in [0.2, 0.25) is 0 Å². The minimum Gasteiger partial charge on any atom is -0.494 e. The Labute approximate surface area is 110 Å². The summed E-state index contributed by atoms with van der Waals surface area (Å²) in [7, 11) is 0. The van der Waals surface area contributed by atoms with Crippen molar-refractivity contribution in [1.82, 2.24) is 0 Å². The largest absolute Gasteiger partial charge is 0.494 e. The van der Waals surface area contributed by atoms with Crippen LogP contribution >= 0.6 is 0 Å². The average molecular weight is 248 g/mol. The van der Waals surface area contributed by atoms with Gasteiger partial charge in [-0.25, -0.2) is 0 Å². The van der Waals surface area contributed by atoms with Crippen LogP contribution in [0.25, 0.3) is 0 Å². The zero-order valence-electron chi connectivity index (χ0n) is 11.6. The minimum absolute atomic E-state index is 0.181. The molecule has 0 amide bonds. The molecule has 0 unspecified atom stereocenters. The number of amidine groups is 1. The SMILES string of the molecule is CC(C)(C)c1ccc(OCCCCC(=N)N)cc1. The number of hydrogen-bond acceptors (Lipinski definition) is 2. The highest BCUT2D eigenvalue weighted by Crippen LogP contribution is 2.24. The Hall–Kier alpha value is -1.51. The van der Waals surface area contributed by atoms with Gasteiger partial charge in [0.2, 0.25) is 0 Å². The van der Waals surface area contributed by atoms with Gasteiger partial charge in [0.1, 0.15) is 5.75 Å². The van der Waals surface area contributed by atoms with Crippen molar-refractivity contribution in [2.24, 2.45) is 5.73 Å². The van der Waals surface area contributed by atoms with Crippen molar-refractivity contribution < 1.29 is 4.74 Å². The van der Waals surface area contributed by atoms with Crippen LogP contribution in [0.4, 0.5) is 0 Å². The molecule has 3 N–H and O–H groups in total. The lowest BCUT2D eigenvalue weighted by atomic mass is 9.87. The molecular weight excluding hydrogens is 224 g/mol. The number of rotatable bonds is 6. The Morgan fingerprint density at radius 3 is 2.28 bits per heavy atom. The van der Waals surface area contributed by atoms with Gasteiger partial charge in [0.15, 0.2) is 0 Å². The van der Waals surface area contributed by atoms with E-state index < -0.39 is 0 Å². The molecule has 0 bridgehead atoms. The zero-order valence-corrected chi connectivity index (χ0v) is 11.6. The molecule has 0 aliphatic heterocycles. The second-order valence-electron chi connectivity index (χ2n) is 5.61. The number of ether oxygens (including phenoxy) is 1. The number of hydrogen-bond donors (Lipinski definition) is 2. The predicted octanol–water partition coefficient (Wildman–Crippen LogP) is 3.47. The van der Waals surface area contributed by atoms with Crippen molar-refractivity contribution in [3.63, 3.8) is 0 Å². The van der Waals surface area contributed by atoms with E-state index in [-0.39, 0.29) is 11.3 Å². The van der Waals surface area contributed by atoms with E-state index in [1.54, 1.807) is 0 Å². The van der Waals surface area contributed by atoms with Gasteiger partial charge in [0, 0.05) is 6.42 Å². The van der Waals surface area contributed by atoms with E-state index in [2.05, 4.69) is 32.9 Å². The third kappa shape index (κ3) is 5.21. The number of benzene rings is 1. The van der Waals surface area contributed by atoms with E-state index in [1.165, 1.54) is 5.56 Å². The average Bonchev–Trinajstić information content (AvgIpc) is 2.27. The molecule has 0 radical (unpaired) electrons. The topological polar surface area (TPSA) is 59.1 Å². The van der Waals surface area contributed by atoms with Crippen LogP contribution in [0.1, 0.15) is 45.6 Å². The normalized spacial score (nSPS) is 11.3. The molecule has 0 heterocycles. The second-order valence-corrected chi connectivity index (χ2v) is 5.61. The highest BCUT2D eigenvalue weighted by Gasteiger charge is 2.12. The van der Waals surface area contributed by atoms with E-state index in [4.69, 9.17) is 15.9 Å². The van der Waals surface area contributed by atoms with Gasteiger partial charge in [-0.15, -0.1) is 0 Å². The quantitative estimate of drug-likeness (QED) is 0.460. The number of nitrogens with two attached hydrogens (primary N) is 1. The zero-order chi connectivity index (χ0) is 13.6. The molecule has 0 aliphatic carbocycles. The summed E-state index contributed by atoms with van der Waals surface area (Å²) >= 11 is 0. The fourth-order valence-electron chi connectivity index (χ4n) is 1.66. The van der Waals surface area contributed by atoms with Gasteiger partial charge in [-0.05, 0) is 36.0 Å². The van der Waals surface area contributed by atoms with Crippen LogP contribution in [0.5, 0.6) is 5.75 Å².